The molecule has 0 atom stereocenters. The quantitative estimate of drug-likeness (QED) is 0.741. The van der Waals surface area contributed by atoms with Gasteiger partial charge in [0.2, 0.25) is 0 Å². The monoisotopic (exact) mass is 291 g/mol. The second-order valence-electron chi connectivity index (χ2n) is 3.31. The summed E-state index contributed by atoms with van der Waals surface area (Å²) in [6.45, 7) is 5.81. The van der Waals surface area contributed by atoms with Crippen molar-refractivity contribution in [3.63, 3.8) is 0 Å². The third kappa shape index (κ3) is 6.30. The average molecular weight is 292 g/mol. The van der Waals surface area contributed by atoms with Crippen molar-refractivity contribution >= 4 is 27.3 Å². The molecule has 0 radical (unpaired) electrons. The lowest BCUT2D eigenvalue weighted by Crippen LogP contribution is -2.14. The fourth-order valence-electron chi connectivity index (χ4n) is 1.26. The van der Waals surface area contributed by atoms with E-state index in [-0.39, 0.29) is 0 Å². The Morgan fingerprint density at radius 1 is 1.47 bits per heavy atom. The lowest BCUT2D eigenvalue weighted by atomic mass is 10.3. The van der Waals surface area contributed by atoms with E-state index in [1.54, 1.807) is 11.3 Å². The van der Waals surface area contributed by atoms with E-state index in [2.05, 4.69) is 32.7 Å². The van der Waals surface area contributed by atoms with Gasteiger partial charge in [-0.2, -0.15) is 0 Å². The van der Waals surface area contributed by atoms with Crippen LogP contribution in [0.5, 0.6) is 0 Å². The largest absolute Gasteiger partial charge is 0.382 e. The maximum absolute atomic E-state index is 5.27. The maximum atomic E-state index is 5.27. The Morgan fingerprint density at radius 3 is 3.00 bits per heavy atom. The highest BCUT2D eigenvalue weighted by Crippen LogP contribution is 2.19. The summed E-state index contributed by atoms with van der Waals surface area (Å²) in [4.78, 5) is 1.38. The molecule has 0 aliphatic rings. The van der Waals surface area contributed by atoms with Crippen molar-refractivity contribution < 1.29 is 4.74 Å². The summed E-state index contributed by atoms with van der Waals surface area (Å²) < 4.78 is 6.45. The predicted molar refractivity (Wildman–Crippen MR) is 69.5 cm³/mol. The van der Waals surface area contributed by atoms with Gasteiger partial charge in [0, 0.05) is 34.5 Å². The molecule has 1 aromatic rings. The van der Waals surface area contributed by atoms with Crippen molar-refractivity contribution in [3.05, 3.63) is 20.8 Å². The number of unbranched alkanes of at least 4 members (excludes halogenated alkanes) is 1. The standard InChI is InChI=1S/C11H18BrNOS/c1-2-14-6-4-3-5-13-8-11-7-10(12)9-15-11/h7,9,13H,2-6,8H2,1H3. The first-order valence-electron chi connectivity index (χ1n) is 5.34. The Balaban J connectivity index is 1.93. The molecule has 0 bridgehead atoms. The normalized spacial score (nSPS) is 10.8. The number of thiophene rings is 1. The molecule has 0 saturated carbocycles. The second kappa shape index (κ2) is 8.28. The average Bonchev–Trinajstić information content (AvgIpc) is 2.63. The molecule has 1 rings (SSSR count). The zero-order valence-electron chi connectivity index (χ0n) is 9.09. The first-order valence-corrected chi connectivity index (χ1v) is 7.01. The van der Waals surface area contributed by atoms with Crippen LogP contribution in [0.25, 0.3) is 0 Å². The van der Waals surface area contributed by atoms with Crippen molar-refractivity contribution in [1.82, 2.24) is 5.32 Å². The second-order valence-corrected chi connectivity index (χ2v) is 5.22. The summed E-state index contributed by atoms with van der Waals surface area (Å²) in [7, 11) is 0. The minimum absolute atomic E-state index is 0.830. The lowest BCUT2D eigenvalue weighted by Gasteiger charge is -2.03. The van der Waals surface area contributed by atoms with Gasteiger partial charge < -0.3 is 10.1 Å². The van der Waals surface area contributed by atoms with Crippen molar-refractivity contribution in [2.24, 2.45) is 0 Å². The van der Waals surface area contributed by atoms with Gasteiger partial charge in [-0.25, -0.2) is 0 Å². The van der Waals surface area contributed by atoms with Crippen LogP contribution in [0.1, 0.15) is 24.6 Å². The molecule has 0 saturated heterocycles. The van der Waals surface area contributed by atoms with Crippen molar-refractivity contribution in [1.29, 1.82) is 0 Å². The van der Waals surface area contributed by atoms with E-state index < -0.39 is 0 Å². The highest BCUT2D eigenvalue weighted by Gasteiger charge is 1.96. The lowest BCUT2D eigenvalue weighted by molar-refractivity contribution is 0.143. The fraction of sp³-hybridized carbons (Fsp3) is 0.636. The Labute approximate surface area is 104 Å². The Kier molecular flexibility index (Phi) is 7.26. The summed E-state index contributed by atoms with van der Waals surface area (Å²) in [5, 5.41) is 5.54. The minimum Gasteiger partial charge on any atom is -0.382 e. The van der Waals surface area contributed by atoms with Gasteiger partial charge in [0.25, 0.3) is 0 Å². The first-order chi connectivity index (χ1) is 7.33. The molecule has 15 heavy (non-hydrogen) atoms. The number of nitrogens with one attached hydrogen (secondary N) is 1. The van der Waals surface area contributed by atoms with Crippen LogP contribution in [0, 0.1) is 0 Å². The molecule has 2 nitrogen and oxygen atoms in total. The van der Waals surface area contributed by atoms with Crippen molar-refractivity contribution in [3.8, 4) is 0 Å². The zero-order valence-corrected chi connectivity index (χ0v) is 11.5. The van der Waals surface area contributed by atoms with Gasteiger partial charge in [-0.15, -0.1) is 11.3 Å². The first kappa shape index (κ1) is 13.2. The summed E-state index contributed by atoms with van der Waals surface area (Å²) in [5.41, 5.74) is 0. The molecular weight excluding hydrogens is 274 g/mol. The molecule has 0 aromatic carbocycles. The predicted octanol–water partition coefficient (Wildman–Crippen LogP) is 3.42. The van der Waals surface area contributed by atoms with E-state index in [0.29, 0.717) is 0 Å². The molecule has 0 unspecified atom stereocenters. The minimum atomic E-state index is 0.830. The van der Waals surface area contributed by atoms with E-state index in [0.717, 1.165) is 32.7 Å². The Morgan fingerprint density at radius 2 is 2.33 bits per heavy atom. The number of hydrogen-bond donors (Lipinski definition) is 1. The van der Waals surface area contributed by atoms with Gasteiger partial charge in [-0.3, -0.25) is 0 Å². The molecule has 86 valence electrons. The highest BCUT2D eigenvalue weighted by molar-refractivity contribution is 9.10. The molecule has 1 aromatic heterocycles. The number of hydrogen-bond acceptors (Lipinski definition) is 3. The Hall–Kier alpha value is 0.1000. The fourth-order valence-corrected chi connectivity index (χ4v) is 2.68. The molecule has 0 aliphatic carbocycles. The number of ether oxygens (including phenoxy) is 1. The molecule has 0 fully saturated rings. The number of rotatable bonds is 8. The molecule has 0 amide bonds. The Bertz CT molecular complexity index is 265. The molecule has 0 aliphatic heterocycles. The van der Waals surface area contributed by atoms with E-state index >= 15 is 0 Å². The van der Waals surface area contributed by atoms with E-state index in [9.17, 15) is 0 Å². The van der Waals surface area contributed by atoms with Gasteiger partial charge in [-0.1, -0.05) is 0 Å². The van der Waals surface area contributed by atoms with Gasteiger partial charge in [-0.05, 0) is 48.3 Å². The van der Waals surface area contributed by atoms with Crippen LogP contribution in [0.4, 0.5) is 0 Å². The van der Waals surface area contributed by atoms with Gasteiger partial charge in [0.1, 0.15) is 0 Å². The van der Waals surface area contributed by atoms with E-state index in [1.165, 1.54) is 15.8 Å². The van der Waals surface area contributed by atoms with Crippen LogP contribution in [0.2, 0.25) is 0 Å². The van der Waals surface area contributed by atoms with Gasteiger partial charge in [0.15, 0.2) is 0 Å². The molecule has 1 N–H and O–H groups in total. The van der Waals surface area contributed by atoms with Crippen LogP contribution >= 0.6 is 27.3 Å². The van der Waals surface area contributed by atoms with Crippen LogP contribution in [0.3, 0.4) is 0 Å². The van der Waals surface area contributed by atoms with Gasteiger partial charge >= 0.3 is 0 Å². The summed E-state index contributed by atoms with van der Waals surface area (Å²) in [6, 6.07) is 2.16. The zero-order chi connectivity index (χ0) is 10.9. The van der Waals surface area contributed by atoms with Crippen LogP contribution in [-0.4, -0.2) is 19.8 Å². The van der Waals surface area contributed by atoms with Crippen LogP contribution < -0.4 is 5.32 Å². The van der Waals surface area contributed by atoms with Crippen LogP contribution in [-0.2, 0) is 11.3 Å². The highest BCUT2D eigenvalue weighted by atomic mass is 79.9. The summed E-state index contributed by atoms with van der Waals surface area (Å²) in [5.74, 6) is 0. The smallest absolute Gasteiger partial charge is 0.0466 e. The van der Waals surface area contributed by atoms with Crippen molar-refractivity contribution in [2.45, 2.75) is 26.3 Å². The SMILES string of the molecule is CCOCCCCNCc1cc(Br)cs1. The number of halogens is 1. The van der Waals surface area contributed by atoms with E-state index in [1.807, 2.05) is 6.92 Å². The molecule has 4 heteroatoms. The molecule has 1 heterocycles. The van der Waals surface area contributed by atoms with E-state index in [4.69, 9.17) is 4.74 Å². The maximum Gasteiger partial charge on any atom is 0.0466 e. The van der Waals surface area contributed by atoms with Gasteiger partial charge in [0.05, 0.1) is 0 Å². The molecule has 0 spiro atoms. The topological polar surface area (TPSA) is 21.3 Å². The third-order valence-corrected chi connectivity index (χ3v) is 3.71. The van der Waals surface area contributed by atoms with Crippen molar-refractivity contribution in [2.75, 3.05) is 19.8 Å². The third-order valence-electron chi connectivity index (χ3n) is 2.02. The summed E-state index contributed by atoms with van der Waals surface area (Å²) >= 11 is 5.24. The summed E-state index contributed by atoms with van der Waals surface area (Å²) in [6.07, 6.45) is 2.33. The van der Waals surface area contributed by atoms with Crippen LogP contribution in [0.15, 0.2) is 15.9 Å². The molecular formula is C11H18BrNOS.